The maximum Gasteiger partial charge on any atom is 0.335 e. The van der Waals surface area contributed by atoms with Crippen molar-refractivity contribution in [1.82, 2.24) is 9.78 Å². The maximum absolute atomic E-state index is 11.6. The summed E-state index contributed by atoms with van der Waals surface area (Å²) in [6, 6.07) is 0. The maximum atomic E-state index is 11.6. The first-order chi connectivity index (χ1) is 16.9. The lowest BCUT2D eigenvalue weighted by Crippen LogP contribution is -2.58. The fourth-order valence-electron chi connectivity index (χ4n) is 9.32. The van der Waals surface area contributed by atoms with Crippen molar-refractivity contribution in [2.45, 2.75) is 108 Å². The van der Waals surface area contributed by atoms with Gasteiger partial charge in [-0.25, -0.2) is 9.48 Å². The summed E-state index contributed by atoms with van der Waals surface area (Å²) in [7, 11) is 0. The second-order valence-electron chi connectivity index (χ2n) is 13.1. The Morgan fingerprint density at radius 3 is 2.47 bits per heavy atom. The number of aliphatic hydroxyl groups is 4. The fraction of sp³-hybridized carbons (Fsp3) is 0.852. The van der Waals surface area contributed by atoms with E-state index < -0.39 is 42.2 Å². The van der Waals surface area contributed by atoms with Gasteiger partial charge in [-0.05, 0) is 98.4 Å². The lowest BCUT2D eigenvalue weighted by molar-refractivity contribution is -0.249. The van der Waals surface area contributed by atoms with E-state index in [4.69, 9.17) is 4.74 Å². The van der Waals surface area contributed by atoms with Gasteiger partial charge in [0.25, 0.3) is 0 Å². The Morgan fingerprint density at radius 2 is 1.75 bits per heavy atom. The first-order valence-electron chi connectivity index (χ1n) is 13.6. The highest BCUT2D eigenvalue weighted by molar-refractivity contribution is 5.73. The van der Waals surface area contributed by atoms with Crippen LogP contribution in [0.4, 0.5) is 0 Å². The Labute approximate surface area is 211 Å². The fourth-order valence-corrected chi connectivity index (χ4v) is 9.32. The zero-order valence-corrected chi connectivity index (χ0v) is 21.4. The summed E-state index contributed by atoms with van der Waals surface area (Å²) in [5.41, 5.74) is 1.53. The van der Waals surface area contributed by atoms with Crippen LogP contribution < -0.4 is 0 Å². The van der Waals surface area contributed by atoms with E-state index in [2.05, 4.69) is 18.9 Å². The Hall–Kier alpha value is -1.52. The van der Waals surface area contributed by atoms with Gasteiger partial charge in [0.1, 0.15) is 18.3 Å². The molecule has 200 valence electrons. The number of hydrogen-bond acceptors (Lipinski definition) is 7. The number of carbonyl (C=O) groups is 1. The average Bonchev–Trinajstić information content (AvgIpc) is 3.32. The number of hydrogen-bond donors (Lipinski definition) is 5. The van der Waals surface area contributed by atoms with E-state index in [1.54, 1.807) is 10.9 Å². The Bertz CT molecular complexity index is 1060. The van der Waals surface area contributed by atoms with Crippen molar-refractivity contribution in [3.63, 3.8) is 0 Å². The Morgan fingerprint density at radius 1 is 1.03 bits per heavy atom. The zero-order chi connectivity index (χ0) is 25.8. The highest BCUT2D eigenvalue weighted by atomic mass is 16.6. The minimum Gasteiger partial charge on any atom is -0.479 e. The van der Waals surface area contributed by atoms with Crippen molar-refractivity contribution < 1.29 is 35.1 Å². The number of nitrogens with zero attached hydrogens (tertiary/aromatic N) is 2. The molecular weight excluding hydrogens is 464 g/mol. The van der Waals surface area contributed by atoms with Crippen LogP contribution in [-0.4, -0.2) is 71.3 Å². The molecule has 1 aliphatic heterocycles. The largest absolute Gasteiger partial charge is 0.479 e. The quantitative estimate of drug-likeness (QED) is 0.409. The van der Waals surface area contributed by atoms with Gasteiger partial charge < -0.3 is 30.3 Å². The van der Waals surface area contributed by atoms with E-state index >= 15 is 0 Å². The molecule has 0 spiro atoms. The van der Waals surface area contributed by atoms with Gasteiger partial charge in [-0.3, -0.25) is 0 Å². The van der Waals surface area contributed by atoms with Crippen LogP contribution in [0.5, 0.6) is 0 Å². The van der Waals surface area contributed by atoms with E-state index in [9.17, 15) is 30.3 Å². The second-order valence-corrected chi connectivity index (χ2v) is 13.1. The molecule has 0 unspecified atom stereocenters. The molecule has 0 bridgehead atoms. The van der Waals surface area contributed by atoms with E-state index in [-0.39, 0.29) is 10.8 Å². The van der Waals surface area contributed by atoms with E-state index in [0.717, 1.165) is 62.6 Å². The molecular formula is C27H40N2O7. The Balaban J connectivity index is 1.29. The van der Waals surface area contributed by atoms with Gasteiger partial charge in [0.2, 0.25) is 0 Å². The van der Waals surface area contributed by atoms with Crippen molar-refractivity contribution in [2.24, 2.45) is 34.5 Å². The van der Waals surface area contributed by atoms with Crippen molar-refractivity contribution >= 4 is 5.97 Å². The van der Waals surface area contributed by atoms with Gasteiger partial charge in [0.15, 0.2) is 12.3 Å². The molecule has 9 nitrogen and oxygen atoms in total. The van der Waals surface area contributed by atoms with E-state index in [1.807, 2.05) is 6.92 Å². The van der Waals surface area contributed by atoms with Crippen molar-refractivity contribution in [3.8, 4) is 0 Å². The standard InChI is InChI=1S/C27H40N2O7/c1-25-11-13-12-28-29(23-21(32)19(30)20(31)22(36-23)24(33)34)18(13)10-14(25)4-5-15-16(25)6-8-26(2)17(15)7-9-27(26,3)35/h12,14-17,19-23,30-32,35H,4-11H2,1-3H3,(H,33,34)/t14-,15+,16-,17-,19-,20-,21+,22-,23+,25-,26-,27-/m0/s1. The molecule has 1 aromatic rings. The van der Waals surface area contributed by atoms with Crippen LogP contribution in [0.3, 0.4) is 0 Å². The first kappa shape index (κ1) is 24.8. The highest BCUT2D eigenvalue weighted by Crippen LogP contribution is 2.67. The van der Waals surface area contributed by atoms with Gasteiger partial charge in [0.05, 0.1) is 11.8 Å². The molecule has 6 rings (SSSR count). The molecule has 3 saturated carbocycles. The number of fused-ring (bicyclic) bond motifs is 6. The van der Waals surface area contributed by atoms with Gasteiger partial charge in [0, 0.05) is 5.69 Å². The van der Waals surface area contributed by atoms with Gasteiger partial charge in [-0.1, -0.05) is 13.8 Å². The van der Waals surface area contributed by atoms with Crippen LogP contribution in [0, 0.1) is 34.5 Å². The second kappa shape index (κ2) is 7.99. The molecule has 5 N–H and O–H groups in total. The number of aliphatic hydroxyl groups excluding tert-OH is 3. The topological polar surface area (TPSA) is 145 Å². The molecule has 4 fully saturated rings. The summed E-state index contributed by atoms with van der Waals surface area (Å²) in [4.78, 5) is 11.6. The molecule has 5 aliphatic rings. The summed E-state index contributed by atoms with van der Waals surface area (Å²) in [6.07, 6.45) is 2.17. The van der Waals surface area contributed by atoms with Crippen LogP contribution in [0.15, 0.2) is 6.20 Å². The SMILES string of the molecule is C[C@]12Cc3cnn([C@@H]4O[C@H](C(=O)O)[C@@H](O)[C@H](O)[C@H]4O)c3C[C@@H]1CC[C@@H]1[C@@H]2CC[C@@]2(C)[C@H]1CC[C@]2(C)O. The van der Waals surface area contributed by atoms with Crippen LogP contribution in [0.2, 0.25) is 0 Å². The summed E-state index contributed by atoms with van der Waals surface area (Å²) >= 11 is 0. The molecule has 36 heavy (non-hydrogen) atoms. The minimum absolute atomic E-state index is 0.0113. The van der Waals surface area contributed by atoms with Crippen LogP contribution in [0.25, 0.3) is 0 Å². The summed E-state index contributed by atoms with van der Waals surface area (Å²) in [6.45, 7) is 6.77. The molecule has 1 saturated heterocycles. The molecule has 1 aromatic heterocycles. The summed E-state index contributed by atoms with van der Waals surface area (Å²) in [5, 5.41) is 56.2. The van der Waals surface area contributed by atoms with Crippen molar-refractivity contribution in [1.29, 1.82) is 0 Å². The first-order valence-corrected chi connectivity index (χ1v) is 13.6. The third-order valence-corrected chi connectivity index (χ3v) is 11.7. The predicted molar refractivity (Wildman–Crippen MR) is 128 cm³/mol. The number of carboxylic acids is 1. The van der Waals surface area contributed by atoms with Crippen molar-refractivity contribution in [3.05, 3.63) is 17.5 Å². The lowest BCUT2D eigenvalue weighted by Gasteiger charge is -2.61. The van der Waals surface area contributed by atoms with Crippen LogP contribution >= 0.6 is 0 Å². The highest BCUT2D eigenvalue weighted by Gasteiger charge is 2.63. The minimum atomic E-state index is -1.72. The summed E-state index contributed by atoms with van der Waals surface area (Å²) < 4.78 is 7.14. The van der Waals surface area contributed by atoms with E-state index in [1.165, 1.54) is 0 Å². The van der Waals surface area contributed by atoms with Gasteiger partial charge in [-0.15, -0.1) is 0 Å². The van der Waals surface area contributed by atoms with Gasteiger partial charge in [-0.2, -0.15) is 5.10 Å². The lowest BCUT2D eigenvalue weighted by atomic mass is 9.44. The third kappa shape index (κ3) is 3.19. The predicted octanol–water partition coefficient (Wildman–Crippen LogP) is 1.66. The number of carboxylic acid groups (broad SMARTS) is 1. The number of aromatic nitrogens is 2. The van der Waals surface area contributed by atoms with Gasteiger partial charge >= 0.3 is 5.97 Å². The molecule has 0 radical (unpaired) electrons. The summed E-state index contributed by atoms with van der Waals surface area (Å²) in [5.74, 6) is 0.802. The molecule has 2 heterocycles. The van der Waals surface area contributed by atoms with E-state index in [0.29, 0.717) is 23.7 Å². The molecule has 9 heteroatoms. The van der Waals surface area contributed by atoms with Crippen molar-refractivity contribution in [2.75, 3.05) is 0 Å². The van der Waals surface area contributed by atoms with Crippen LogP contribution in [0.1, 0.15) is 76.8 Å². The molecule has 12 atom stereocenters. The monoisotopic (exact) mass is 504 g/mol. The molecule has 0 amide bonds. The Kier molecular flexibility index (Phi) is 5.50. The average molecular weight is 505 g/mol. The van der Waals surface area contributed by atoms with Crippen LogP contribution in [-0.2, 0) is 22.4 Å². The molecule has 4 aliphatic carbocycles. The number of aliphatic carboxylic acids is 1. The number of rotatable bonds is 2. The zero-order valence-electron chi connectivity index (χ0n) is 21.4. The third-order valence-electron chi connectivity index (χ3n) is 11.7. The molecule has 0 aromatic carbocycles. The smallest absolute Gasteiger partial charge is 0.335 e. The number of ether oxygens (including phenoxy) is 1. The normalized spacial score (nSPS) is 52.1.